The third-order valence-electron chi connectivity index (χ3n) is 2.79. The molecule has 6 heteroatoms. The van der Waals surface area contributed by atoms with E-state index < -0.39 is 11.8 Å². The van der Waals surface area contributed by atoms with Gasteiger partial charge in [0, 0.05) is 5.02 Å². The van der Waals surface area contributed by atoms with Crippen molar-refractivity contribution in [3.05, 3.63) is 58.9 Å². The lowest BCUT2D eigenvalue weighted by molar-refractivity contribution is 0.0445. The summed E-state index contributed by atoms with van der Waals surface area (Å²) >= 11 is 5.85. The van der Waals surface area contributed by atoms with Gasteiger partial charge in [-0.2, -0.15) is 0 Å². The van der Waals surface area contributed by atoms with Gasteiger partial charge in [-0.15, -0.1) is 0 Å². The van der Waals surface area contributed by atoms with E-state index in [0.717, 1.165) is 0 Å². The first-order valence-corrected chi connectivity index (χ1v) is 6.87. The molecule has 0 N–H and O–H groups in total. The second-order valence-electron chi connectivity index (χ2n) is 4.26. The summed E-state index contributed by atoms with van der Waals surface area (Å²) in [6.45, 7) is 0.0123. The lowest BCUT2D eigenvalue weighted by Crippen LogP contribution is -2.13. The maximum Gasteiger partial charge on any atom is 0.342 e. The van der Waals surface area contributed by atoms with Gasteiger partial charge in [-0.1, -0.05) is 23.7 Å². The summed E-state index contributed by atoms with van der Waals surface area (Å²) in [5.74, 6) is -0.579. The van der Waals surface area contributed by atoms with E-state index in [4.69, 9.17) is 25.8 Å². The lowest BCUT2D eigenvalue weighted by atomic mass is 10.2. The van der Waals surface area contributed by atoms with Crippen LogP contribution in [-0.4, -0.2) is 26.3 Å². The number of carbonyl (C=O) groups is 1. The monoisotopic (exact) mass is 324 g/mol. The molecule has 0 amide bonds. The number of esters is 1. The van der Waals surface area contributed by atoms with E-state index in [1.807, 2.05) is 0 Å². The Hall–Kier alpha value is -2.27. The Bertz CT molecular complexity index is 660. The fourth-order valence-corrected chi connectivity index (χ4v) is 1.94. The average molecular weight is 325 g/mol. The standard InChI is InChI=1S/C16H14ClFO4/c1-20-14-7-6-11(17)10-12(14)16(19)22-9-8-21-15-5-3-2-4-13(15)18/h2-7,10H,8-9H2,1H3. The van der Waals surface area contributed by atoms with Crippen LogP contribution in [0.25, 0.3) is 0 Å². The molecule has 22 heavy (non-hydrogen) atoms. The summed E-state index contributed by atoms with van der Waals surface area (Å²) in [6, 6.07) is 10.7. The second kappa shape index (κ2) is 7.66. The zero-order valence-corrected chi connectivity index (χ0v) is 12.6. The predicted molar refractivity (Wildman–Crippen MR) is 80.2 cm³/mol. The van der Waals surface area contributed by atoms with Gasteiger partial charge in [0.25, 0.3) is 0 Å². The third kappa shape index (κ3) is 4.11. The quantitative estimate of drug-likeness (QED) is 0.600. The number of benzene rings is 2. The van der Waals surface area contributed by atoms with Gasteiger partial charge in [-0.3, -0.25) is 0 Å². The molecule has 0 saturated carbocycles. The summed E-state index contributed by atoms with van der Waals surface area (Å²) in [6.07, 6.45) is 0. The van der Waals surface area contributed by atoms with Gasteiger partial charge in [0.2, 0.25) is 0 Å². The highest BCUT2D eigenvalue weighted by molar-refractivity contribution is 6.31. The molecule has 0 aliphatic rings. The number of ether oxygens (including phenoxy) is 3. The summed E-state index contributed by atoms with van der Waals surface area (Å²) < 4.78 is 28.6. The van der Waals surface area contributed by atoms with Crippen LogP contribution < -0.4 is 9.47 Å². The number of carbonyl (C=O) groups excluding carboxylic acids is 1. The van der Waals surface area contributed by atoms with Crippen molar-refractivity contribution in [3.63, 3.8) is 0 Å². The van der Waals surface area contributed by atoms with Crippen LogP contribution in [0.1, 0.15) is 10.4 Å². The molecule has 0 heterocycles. The Morgan fingerprint density at radius 1 is 1.14 bits per heavy atom. The molecule has 0 spiro atoms. The molecule has 0 aliphatic heterocycles. The molecule has 2 aromatic rings. The third-order valence-corrected chi connectivity index (χ3v) is 3.03. The molecule has 4 nitrogen and oxygen atoms in total. The second-order valence-corrected chi connectivity index (χ2v) is 4.70. The first kappa shape index (κ1) is 16.1. The molecule has 0 radical (unpaired) electrons. The van der Waals surface area contributed by atoms with Crippen LogP contribution in [0.4, 0.5) is 4.39 Å². The highest BCUT2D eigenvalue weighted by Gasteiger charge is 2.14. The molecule has 0 aliphatic carbocycles. The Labute approximate surface area is 132 Å². The van der Waals surface area contributed by atoms with Crippen LogP contribution in [0, 0.1) is 5.82 Å². The molecule has 2 aromatic carbocycles. The summed E-state index contributed by atoms with van der Waals surface area (Å²) in [7, 11) is 1.45. The van der Waals surface area contributed by atoms with Crippen LogP contribution in [-0.2, 0) is 4.74 Å². The minimum Gasteiger partial charge on any atom is -0.496 e. The fourth-order valence-electron chi connectivity index (χ4n) is 1.77. The highest BCUT2D eigenvalue weighted by atomic mass is 35.5. The minimum atomic E-state index is -0.587. The molecule has 0 aromatic heterocycles. The maximum absolute atomic E-state index is 13.3. The van der Waals surface area contributed by atoms with Crippen molar-refractivity contribution in [3.8, 4) is 11.5 Å². The predicted octanol–water partition coefficient (Wildman–Crippen LogP) is 3.72. The normalized spacial score (nSPS) is 10.1. The van der Waals surface area contributed by atoms with Gasteiger partial charge in [-0.05, 0) is 30.3 Å². The molecule has 0 unspecified atom stereocenters. The Morgan fingerprint density at radius 3 is 2.64 bits per heavy atom. The van der Waals surface area contributed by atoms with Crippen molar-refractivity contribution >= 4 is 17.6 Å². The van der Waals surface area contributed by atoms with Gasteiger partial charge in [0.05, 0.1) is 7.11 Å². The van der Waals surface area contributed by atoms with Gasteiger partial charge in [0.15, 0.2) is 11.6 Å². The molecule has 0 bridgehead atoms. The fraction of sp³-hybridized carbons (Fsp3) is 0.188. The number of rotatable bonds is 6. The van der Waals surface area contributed by atoms with Crippen molar-refractivity contribution in [2.75, 3.05) is 20.3 Å². The van der Waals surface area contributed by atoms with Gasteiger partial charge >= 0.3 is 5.97 Å². The van der Waals surface area contributed by atoms with E-state index in [1.165, 1.54) is 25.3 Å². The van der Waals surface area contributed by atoms with Crippen molar-refractivity contribution in [2.24, 2.45) is 0 Å². The van der Waals surface area contributed by atoms with Crippen LogP contribution in [0.3, 0.4) is 0 Å². The number of hydrogen-bond acceptors (Lipinski definition) is 4. The molecule has 2 rings (SSSR count). The van der Waals surface area contributed by atoms with Crippen molar-refractivity contribution in [1.29, 1.82) is 0 Å². The van der Waals surface area contributed by atoms with Gasteiger partial charge in [0.1, 0.15) is 24.5 Å². The Kier molecular flexibility index (Phi) is 5.61. The SMILES string of the molecule is COc1ccc(Cl)cc1C(=O)OCCOc1ccccc1F. The van der Waals surface area contributed by atoms with E-state index in [-0.39, 0.29) is 24.5 Å². The Morgan fingerprint density at radius 2 is 1.91 bits per heavy atom. The number of halogens is 2. The Balaban J connectivity index is 1.88. The summed E-state index contributed by atoms with van der Waals surface area (Å²) in [4.78, 5) is 12.0. The van der Waals surface area contributed by atoms with Crippen molar-refractivity contribution < 1.29 is 23.4 Å². The molecule has 0 saturated heterocycles. The van der Waals surface area contributed by atoms with Crippen molar-refractivity contribution in [2.45, 2.75) is 0 Å². The molecule has 0 atom stereocenters. The molecule has 116 valence electrons. The topological polar surface area (TPSA) is 44.8 Å². The van der Waals surface area contributed by atoms with Gasteiger partial charge in [-0.25, -0.2) is 9.18 Å². The van der Waals surface area contributed by atoms with Crippen LogP contribution >= 0.6 is 11.6 Å². The first-order valence-electron chi connectivity index (χ1n) is 6.50. The summed E-state index contributed by atoms with van der Waals surface area (Å²) in [5.41, 5.74) is 0.223. The number of para-hydroxylation sites is 1. The van der Waals surface area contributed by atoms with E-state index in [9.17, 15) is 9.18 Å². The lowest BCUT2D eigenvalue weighted by Gasteiger charge is -2.10. The van der Waals surface area contributed by atoms with E-state index >= 15 is 0 Å². The van der Waals surface area contributed by atoms with Gasteiger partial charge < -0.3 is 14.2 Å². The van der Waals surface area contributed by atoms with E-state index in [2.05, 4.69) is 0 Å². The highest BCUT2D eigenvalue weighted by Crippen LogP contribution is 2.23. The van der Waals surface area contributed by atoms with Crippen molar-refractivity contribution in [1.82, 2.24) is 0 Å². The molecular weight excluding hydrogens is 311 g/mol. The number of methoxy groups -OCH3 is 1. The number of hydrogen-bond donors (Lipinski definition) is 0. The zero-order chi connectivity index (χ0) is 15.9. The largest absolute Gasteiger partial charge is 0.496 e. The minimum absolute atomic E-state index is 0.0250. The summed E-state index contributed by atoms with van der Waals surface area (Å²) in [5, 5.41) is 0.398. The average Bonchev–Trinajstić information content (AvgIpc) is 2.52. The molecular formula is C16H14ClFO4. The zero-order valence-electron chi connectivity index (χ0n) is 11.8. The van der Waals surface area contributed by atoms with Crippen LogP contribution in [0.15, 0.2) is 42.5 Å². The maximum atomic E-state index is 13.3. The van der Waals surface area contributed by atoms with Crippen LogP contribution in [0.5, 0.6) is 11.5 Å². The first-order chi connectivity index (χ1) is 10.6. The van der Waals surface area contributed by atoms with E-state index in [1.54, 1.807) is 24.3 Å². The van der Waals surface area contributed by atoms with E-state index in [0.29, 0.717) is 10.8 Å². The van der Waals surface area contributed by atoms with Crippen LogP contribution in [0.2, 0.25) is 5.02 Å². The molecule has 0 fully saturated rings. The smallest absolute Gasteiger partial charge is 0.342 e.